The van der Waals surface area contributed by atoms with Crippen molar-refractivity contribution < 1.29 is 23.2 Å². The number of non-ortho nitro benzene ring substituents is 1. The molecule has 1 N–H and O–H groups in total. The predicted octanol–water partition coefficient (Wildman–Crippen LogP) is 2.68. The zero-order valence-corrected chi connectivity index (χ0v) is 11.8. The van der Waals surface area contributed by atoms with E-state index in [1.165, 1.54) is 30.3 Å². The first-order valence-electron chi connectivity index (χ1n) is 6.58. The summed E-state index contributed by atoms with van der Waals surface area (Å²) in [5.41, 5.74) is -0.719. The van der Waals surface area contributed by atoms with Crippen LogP contribution in [-0.2, 0) is 0 Å². The van der Waals surface area contributed by atoms with Gasteiger partial charge in [0.15, 0.2) is 0 Å². The van der Waals surface area contributed by atoms with Crippen molar-refractivity contribution in [2.45, 2.75) is 0 Å². The Hall–Kier alpha value is -3.03. The van der Waals surface area contributed by atoms with Crippen molar-refractivity contribution in [1.29, 1.82) is 0 Å². The summed E-state index contributed by atoms with van der Waals surface area (Å²) < 4.78 is 32.0. The van der Waals surface area contributed by atoms with Crippen LogP contribution >= 0.6 is 0 Å². The lowest BCUT2D eigenvalue weighted by Crippen LogP contribution is -2.29. The van der Waals surface area contributed by atoms with E-state index >= 15 is 0 Å². The molecule has 120 valence electrons. The van der Waals surface area contributed by atoms with Gasteiger partial charge in [-0.15, -0.1) is 0 Å². The van der Waals surface area contributed by atoms with E-state index in [1.54, 1.807) is 0 Å². The first kappa shape index (κ1) is 16.3. The van der Waals surface area contributed by atoms with Crippen LogP contribution in [0.15, 0.2) is 42.5 Å². The Bertz CT molecular complexity index is 700. The second kappa shape index (κ2) is 7.30. The van der Waals surface area contributed by atoms with Gasteiger partial charge in [-0.05, 0) is 24.3 Å². The molecule has 0 aliphatic heterocycles. The molecule has 0 radical (unpaired) electrons. The fourth-order valence-corrected chi connectivity index (χ4v) is 1.80. The number of nitrogens with one attached hydrogen (secondary N) is 1. The molecule has 2 aromatic carbocycles. The van der Waals surface area contributed by atoms with E-state index in [2.05, 4.69) is 5.32 Å². The molecule has 0 atom stereocenters. The standard InChI is InChI=1S/C15H12F2N2O4/c16-12-2-1-3-13(17)14(12)15(20)18-8-9-23-11-6-4-10(5-7-11)19(21)22/h1-7H,8-9H2,(H,18,20). The maximum atomic E-state index is 13.4. The molecule has 0 aliphatic rings. The highest BCUT2D eigenvalue weighted by Crippen LogP contribution is 2.17. The average Bonchev–Trinajstić information content (AvgIpc) is 2.52. The zero-order valence-electron chi connectivity index (χ0n) is 11.8. The largest absolute Gasteiger partial charge is 0.492 e. The van der Waals surface area contributed by atoms with Crippen molar-refractivity contribution in [1.82, 2.24) is 5.32 Å². The number of rotatable bonds is 6. The number of nitro benzene ring substituents is 1. The van der Waals surface area contributed by atoms with E-state index in [4.69, 9.17) is 4.74 Å². The molecule has 2 aromatic rings. The number of halogens is 2. The Labute approximate surface area is 129 Å². The van der Waals surface area contributed by atoms with Crippen molar-refractivity contribution in [3.05, 3.63) is 69.8 Å². The van der Waals surface area contributed by atoms with Crippen LogP contribution in [0.2, 0.25) is 0 Å². The highest BCUT2D eigenvalue weighted by atomic mass is 19.1. The summed E-state index contributed by atoms with van der Waals surface area (Å²) >= 11 is 0. The maximum absolute atomic E-state index is 13.4. The molecule has 0 unspecified atom stereocenters. The number of carbonyl (C=O) groups excluding carboxylic acids is 1. The third kappa shape index (κ3) is 4.22. The molecule has 0 fully saturated rings. The first-order chi connectivity index (χ1) is 11.0. The normalized spacial score (nSPS) is 10.2. The summed E-state index contributed by atoms with van der Waals surface area (Å²) in [5.74, 6) is -2.40. The van der Waals surface area contributed by atoms with Gasteiger partial charge in [0.05, 0.1) is 11.5 Å². The first-order valence-corrected chi connectivity index (χ1v) is 6.58. The monoisotopic (exact) mass is 322 g/mol. The molecular formula is C15H12F2N2O4. The van der Waals surface area contributed by atoms with Gasteiger partial charge in [-0.3, -0.25) is 14.9 Å². The van der Waals surface area contributed by atoms with Gasteiger partial charge in [0, 0.05) is 12.1 Å². The van der Waals surface area contributed by atoms with Crippen LogP contribution in [0.3, 0.4) is 0 Å². The molecule has 0 spiro atoms. The summed E-state index contributed by atoms with van der Waals surface area (Å²) in [6.45, 7) is 0.0587. The number of ether oxygens (including phenoxy) is 1. The molecule has 0 heterocycles. The number of nitrogens with zero attached hydrogens (tertiary/aromatic N) is 1. The topological polar surface area (TPSA) is 81.5 Å². The SMILES string of the molecule is O=C(NCCOc1ccc([N+](=O)[O-])cc1)c1c(F)cccc1F. The fourth-order valence-electron chi connectivity index (χ4n) is 1.80. The Morgan fingerprint density at radius 1 is 1.13 bits per heavy atom. The molecular weight excluding hydrogens is 310 g/mol. The second-order valence-electron chi connectivity index (χ2n) is 4.45. The molecule has 2 rings (SSSR count). The lowest BCUT2D eigenvalue weighted by molar-refractivity contribution is -0.384. The van der Waals surface area contributed by atoms with Crippen molar-refractivity contribution in [3.63, 3.8) is 0 Å². The van der Waals surface area contributed by atoms with Gasteiger partial charge in [0.25, 0.3) is 11.6 Å². The number of hydrogen-bond acceptors (Lipinski definition) is 4. The van der Waals surface area contributed by atoms with Gasteiger partial charge in [-0.25, -0.2) is 8.78 Å². The van der Waals surface area contributed by atoms with Crippen LogP contribution in [0.5, 0.6) is 5.75 Å². The molecule has 23 heavy (non-hydrogen) atoms. The Morgan fingerprint density at radius 2 is 1.74 bits per heavy atom. The van der Waals surface area contributed by atoms with Crippen LogP contribution in [0, 0.1) is 21.7 Å². The van der Waals surface area contributed by atoms with Gasteiger partial charge < -0.3 is 10.1 Å². The van der Waals surface area contributed by atoms with Crippen molar-refractivity contribution in [2.75, 3.05) is 13.2 Å². The molecule has 0 aliphatic carbocycles. The number of nitro groups is 1. The third-order valence-corrected chi connectivity index (χ3v) is 2.89. The second-order valence-corrected chi connectivity index (χ2v) is 4.45. The van der Waals surface area contributed by atoms with Gasteiger partial charge in [-0.2, -0.15) is 0 Å². The van der Waals surface area contributed by atoms with Gasteiger partial charge in [0.2, 0.25) is 0 Å². The number of carbonyl (C=O) groups is 1. The summed E-state index contributed by atoms with van der Waals surface area (Å²) in [7, 11) is 0. The molecule has 0 aromatic heterocycles. The van der Waals surface area contributed by atoms with Crippen LogP contribution in [0.4, 0.5) is 14.5 Å². The van der Waals surface area contributed by atoms with Crippen molar-refractivity contribution in [3.8, 4) is 5.75 Å². The zero-order chi connectivity index (χ0) is 16.8. The van der Waals surface area contributed by atoms with E-state index in [0.717, 1.165) is 12.1 Å². The van der Waals surface area contributed by atoms with Crippen LogP contribution in [0.25, 0.3) is 0 Å². The summed E-state index contributed by atoms with van der Waals surface area (Å²) in [6.07, 6.45) is 0. The Balaban J connectivity index is 1.83. The highest BCUT2D eigenvalue weighted by molar-refractivity contribution is 5.94. The van der Waals surface area contributed by atoms with Crippen molar-refractivity contribution >= 4 is 11.6 Å². The van der Waals surface area contributed by atoms with E-state index < -0.39 is 28.0 Å². The van der Waals surface area contributed by atoms with E-state index in [-0.39, 0.29) is 18.8 Å². The van der Waals surface area contributed by atoms with Crippen LogP contribution in [0.1, 0.15) is 10.4 Å². The number of benzene rings is 2. The van der Waals surface area contributed by atoms with Crippen LogP contribution < -0.4 is 10.1 Å². The van der Waals surface area contributed by atoms with Crippen molar-refractivity contribution in [2.24, 2.45) is 0 Å². The minimum absolute atomic E-state index is 0.0175. The summed E-state index contributed by atoms with van der Waals surface area (Å²) in [6, 6.07) is 8.54. The number of amides is 1. The molecule has 6 nitrogen and oxygen atoms in total. The van der Waals surface area contributed by atoms with E-state index in [9.17, 15) is 23.7 Å². The summed E-state index contributed by atoms with van der Waals surface area (Å²) in [4.78, 5) is 21.7. The molecule has 1 amide bonds. The number of hydrogen-bond donors (Lipinski definition) is 1. The molecule has 8 heteroatoms. The lowest BCUT2D eigenvalue weighted by Gasteiger charge is -2.08. The Kier molecular flexibility index (Phi) is 5.19. The van der Waals surface area contributed by atoms with Gasteiger partial charge in [-0.1, -0.05) is 6.07 Å². The minimum atomic E-state index is -0.946. The third-order valence-electron chi connectivity index (χ3n) is 2.89. The van der Waals surface area contributed by atoms with Crippen LogP contribution in [-0.4, -0.2) is 24.0 Å². The quantitative estimate of drug-likeness (QED) is 0.503. The summed E-state index contributed by atoms with van der Waals surface area (Å²) in [5, 5.41) is 12.8. The van der Waals surface area contributed by atoms with Gasteiger partial charge >= 0.3 is 0 Å². The Morgan fingerprint density at radius 3 is 2.30 bits per heavy atom. The molecule has 0 bridgehead atoms. The maximum Gasteiger partial charge on any atom is 0.269 e. The van der Waals surface area contributed by atoms with E-state index in [0.29, 0.717) is 5.75 Å². The average molecular weight is 322 g/mol. The van der Waals surface area contributed by atoms with Gasteiger partial charge in [0.1, 0.15) is 29.6 Å². The van der Waals surface area contributed by atoms with E-state index in [1.807, 2.05) is 0 Å². The fraction of sp³-hybridized carbons (Fsp3) is 0.133. The smallest absolute Gasteiger partial charge is 0.269 e. The highest BCUT2D eigenvalue weighted by Gasteiger charge is 2.16. The minimum Gasteiger partial charge on any atom is -0.492 e. The molecule has 0 saturated carbocycles. The molecule has 0 saturated heterocycles. The predicted molar refractivity (Wildman–Crippen MR) is 77.3 cm³/mol. The lowest BCUT2D eigenvalue weighted by atomic mass is 10.2.